The summed E-state index contributed by atoms with van der Waals surface area (Å²) in [4.78, 5) is 0. The summed E-state index contributed by atoms with van der Waals surface area (Å²) >= 11 is 0. The molecule has 0 unspecified atom stereocenters. The predicted octanol–water partition coefficient (Wildman–Crippen LogP) is 2.35. The molecule has 1 N–H and O–H groups in total. The second-order valence-corrected chi connectivity index (χ2v) is 3.91. The minimum Gasteiger partial charge on any atom is -0.387 e. The van der Waals surface area contributed by atoms with Gasteiger partial charge in [0.05, 0.1) is 12.2 Å². The third kappa shape index (κ3) is 2.91. The van der Waals surface area contributed by atoms with Crippen LogP contribution in [0.15, 0.2) is 43.0 Å². The van der Waals surface area contributed by atoms with Gasteiger partial charge in [-0.2, -0.15) is 0 Å². The van der Waals surface area contributed by atoms with Crippen LogP contribution in [-0.4, -0.2) is 24.4 Å². The highest BCUT2D eigenvalue weighted by Crippen LogP contribution is 2.29. The minimum atomic E-state index is -0.919. The van der Waals surface area contributed by atoms with E-state index in [1.165, 1.54) is 0 Å². The Morgan fingerprint density at radius 3 is 2.53 bits per heavy atom. The first-order chi connectivity index (χ1) is 7.11. The second kappa shape index (κ2) is 5.10. The molecule has 0 spiro atoms. The van der Waals surface area contributed by atoms with Gasteiger partial charge in [0.2, 0.25) is 0 Å². The van der Waals surface area contributed by atoms with Gasteiger partial charge in [-0.1, -0.05) is 36.4 Å². The molecule has 0 aliphatic carbocycles. The molecular weight excluding hydrogens is 188 g/mol. The van der Waals surface area contributed by atoms with Crippen molar-refractivity contribution in [3.05, 3.63) is 48.6 Å². The van der Waals surface area contributed by atoms with Crippen LogP contribution in [0.3, 0.4) is 0 Å². The first kappa shape index (κ1) is 12.0. The number of hydrogen-bond donors (Lipinski definition) is 1. The Kier molecular flexibility index (Phi) is 4.06. The molecule has 2 nitrogen and oxygen atoms in total. The molecule has 1 rings (SSSR count). The van der Waals surface area contributed by atoms with Crippen molar-refractivity contribution < 1.29 is 9.84 Å². The Bertz CT molecular complexity index is 304. The maximum Gasteiger partial charge on any atom is 0.0954 e. The molecule has 1 aromatic rings. The molecular formula is C13H18O2. The molecule has 15 heavy (non-hydrogen) atoms. The van der Waals surface area contributed by atoms with Crippen LogP contribution < -0.4 is 0 Å². The molecule has 2 atom stereocenters. The number of rotatable bonds is 5. The van der Waals surface area contributed by atoms with Gasteiger partial charge in [0, 0.05) is 13.0 Å². The van der Waals surface area contributed by atoms with E-state index in [0.29, 0.717) is 6.61 Å². The second-order valence-electron chi connectivity index (χ2n) is 3.91. The lowest BCUT2D eigenvalue weighted by Crippen LogP contribution is -2.36. The zero-order chi connectivity index (χ0) is 11.3. The number of hydrogen-bond acceptors (Lipinski definition) is 2. The Morgan fingerprint density at radius 1 is 1.47 bits per heavy atom. The molecule has 82 valence electrons. The van der Waals surface area contributed by atoms with Crippen LogP contribution in [0.5, 0.6) is 0 Å². The fourth-order valence-corrected chi connectivity index (χ4v) is 1.79. The third-order valence-corrected chi connectivity index (χ3v) is 2.50. The van der Waals surface area contributed by atoms with Gasteiger partial charge in [-0.05, 0) is 12.5 Å². The van der Waals surface area contributed by atoms with Gasteiger partial charge in [-0.3, -0.25) is 0 Å². The van der Waals surface area contributed by atoms with E-state index in [0.717, 1.165) is 5.56 Å². The highest BCUT2D eigenvalue weighted by atomic mass is 16.5. The van der Waals surface area contributed by atoms with Crippen molar-refractivity contribution in [2.75, 3.05) is 13.7 Å². The van der Waals surface area contributed by atoms with E-state index >= 15 is 0 Å². The Morgan fingerprint density at radius 2 is 2.07 bits per heavy atom. The summed E-state index contributed by atoms with van der Waals surface area (Å²) in [6.45, 7) is 5.82. The Labute approximate surface area is 91.2 Å². The molecule has 2 heteroatoms. The molecule has 0 fully saturated rings. The molecule has 0 amide bonds. The highest BCUT2D eigenvalue weighted by Gasteiger charge is 2.30. The van der Waals surface area contributed by atoms with Crippen LogP contribution in [0.2, 0.25) is 0 Å². The summed E-state index contributed by atoms with van der Waals surface area (Å²) in [5.74, 6) is -0.112. The summed E-state index contributed by atoms with van der Waals surface area (Å²) in [6.07, 6.45) is 1.76. The zero-order valence-electron chi connectivity index (χ0n) is 9.31. The largest absolute Gasteiger partial charge is 0.387 e. The number of ether oxygens (including phenoxy) is 1. The van der Waals surface area contributed by atoms with Crippen molar-refractivity contribution in [1.82, 2.24) is 0 Å². The van der Waals surface area contributed by atoms with Crippen LogP contribution in [0.25, 0.3) is 0 Å². The van der Waals surface area contributed by atoms with Crippen LogP contribution >= 0.6 is 0 Å². The first-order valence-corrected chi connectivity index (χ1v) is 5.00. The van der Waals surface area contributed by atoms with Gasteiger partial charge in [-0.25, -0.2) is 0 Å². The summed E-state index contributed by atoms with van der Waals surface area (Å²) in [7, 11) is 1.58. The lowest BCUT2D eigenvalue weighted by molar-refractivity contribution is -0.0268. The Hall–Kier alpha value is -1.12. The lowest BCUT2D eigenvalue weighted by atomic mass is 9.84. The van der Waals surface area contributed by atoms with Crippen LogP contribution in [0, 0.1) is 0 Å². The SMILES string of the molecule is C=C[C@H](c1ccccc1)[C@@](C)(O)COC. The van der Waals surface area contributed by atoms with Gasteiger partial charge < -0.3 is 9.84 Å². The van der Waals surface area contributed by atoms with E-state index in [1.54, 1.807) is 20.1 Å². The van der Waals surface area contributed by atoms with E-state index in [9.17, 15) is 5.11 Å². The molecule has 0 aliphatic rings. The number of aliphatic hydroxyl groups is 1. The normalized spacial score (nSPS) is 16.7. The third-order valence-electron chi connectivity index (χ3n) is 2.50. The maximum atomic E-state index is 10.2. The molecule has 0 heterocycles. The van der Waals surface area contributed by atoms with Crippen LogP contribution in [-0.2, 0) is 4.74 Å². The monoisotopic (exact) mass is 206 g/mol. The maximum absolute atomic E-state index is 10.2. The van der Waals surface area contributed by atoms with Gasteiger partial charge in [-0.15, -0.1) is 6.58 Å². The van der Waals surface area contributed by atoms with Crippen molar-refractivity contribution in [3.63, 3.8) is 0 Å². The van der Waals surface area contributed by atoms with E-state index in [4.69, 9.17) is 4.74 Å². The van der Waals surface area contributed by atoms with E-state index < -0.39 is 5.60 Å². The van der Waals surface area contributed by atoms with Gasteiger partial charge in [0.25, 0.3) is 0 Å². The van der Waals surface area contributed by atoms with Gasteiger partial charge >= 0.3 is 0 Å². The quantitative estimate of drug-likeness (QED) is 0.749. The van der Waals surface area contributed by atoms with Crippen molar-refractivity contribution >= 4 is 0 Å². The van der Waals surface area contributed by atoms with E-state index in [1.807, 2.05) is 30.3 Å². The molecule has 0 radical (unpaired) electrons. The summed E-state index contributed by atoms with van der Waals surface area (Å²) in [5.41, 5.74) is 0.132. The first-order valence-electron chi connectivity index (χ1n) is 5.00. The molecule has 0 saturated heterocycles. The molecule has 0 aromatic heterocycles. The fourth-order valence-electron chi connectivity index (χ4n) is 1.79. The molecule has 1 aromatic carbocycles. The summed E-state index contributed by atoms with van der Waals surface area (Å²) < 4.78 is 5.01. The van der Waals surface area contributed by atoms with Gasteiger partial charge in [0.1, 0.15) is 0 Å². The van der Waals surface area contributed by atoms with E-state index in [2.05, 4.69) is 6.58 Å². The highest BCUT2D eigenvalue weighted by molar-refractivity contribution is 5.26. The standard InChI is InChI=1S/C13H18O2/c1-4-12(13(2,14)10-15-3)11-8-6-5-7-9-11/h4-9,12,14H,1,10H2,2-3H3/t12-,13+/m1/s1. The topological polar surface area (TPSA) is 29.5 Å². The zero-order valence-corrected chi connectivity index (χ0v) is 9.31. The van der Waals surface area contributed by atoms with Crippen LogP contribution in [0.4, 0.5) is 0 Å². The molecule has 0 saturated carbocycles. The number of methoxy groups -OCH3 is 1. The van der Waals surface area contributed by atoms with Crippen molar-refractivity contribution in [1.29, 1.82) is 0 Å². The van der Waals surface area contributed by atoms with Crippen molar-refractivity contribution in [2.45, 2.75) is 18.4 Å². The smallest absolute Gasteiger partial charge is 0.0954 e. The van der Waals surface area contributed by atoms with Gasteiger partial charge in [0.15, 0.2) is 0 Å². The fraction of sp³-hybridized carbons (Fsp3) is 0.385. The Balaban J connectivity index is 2.94. The van der Waals surface area contributed by atoms with E-state index in [-0.39, 0.29) is 5.92 Å². The minimum absolute atomic E-state index is 0.112. The summed E-state index contributed by atoms with van der Waals surface area (Å²) in [5, 5.41) is 10.2. The predicted molar refractivity (Wildman–Crippen MR) is 61.9 cm³/mol. The van der Waals surface area contributed by atoms with Crippen molar-refractivity contribution in [3.8, 4) is 0 Å². The lowest BCUT2D eigenvalue weighted by Gasteiger charge is -2.30. The van der Waals surface area contributed by atoms with Crippen molar-refractivity contribution in [2.24, 2.45) is 0 Å². The molecule has 0 aliphatic heterocycles. The average molecular weight is 206 g/mol. The number of benzene rings is 1. The van der Waals surface area contributed by atoms with Crippen LogP contribution in [0.1, 0.15) is 18.4 Å². The molecule has 0 bridgehead atoms. The summed E-state index contributed by atoms with van der Waals surface area (Å²) in [6, 6.07) is 9.82. The average Bonchev–Trinajstić information content (AvgIpc) is 2.19.